The summed E-state index contributed by atoms with van der Waals surface area (Å²) in [7, 11) is 0. The predicted octanol–water partition coefficient (Wildman–Crippen LogP) is 2.66. The maximum Gasteiger partial charge on any atom is 0.240 e. The second-order valence-corrected chi connectivity index (χ2v) is 6.78. The van der Waals surface area contributed by atoms with Crippen molar-refractivity contribution in [3.05, 3.63) is 34.9 Å². The number of halogens is 2. The minimum absolute atomic E-state index is 0. The highest BCUT2D eigenvalue weighted by molar-refractivity contribution is 6.30. The largest absolute Gasteiger partial charge is 0.381 e. The molecule has 124 valence electrons. The Morgan fingerprint density at radius 1 is 1.41 bits per heavy atom. The molecule has 1 saturated heterocycles. The van der Waals surface area contributed by atoms with Crippen LogP contribution < -0.4 is 11.1 Å². The standard InChI is InChI=1S/C16H23ClN2O2.ClH/c1-15(2,12-4-3-5-13(17)10-12)11-19-14(20)16(18)6-8-21-9-7-16;/h3-5,10H,6-9,11,18H2,1-2H3,(H,19,20);1H. The number of rotatable bonds is 4. The Bertz CT molecular complexity index is 515. The van der Waals surface area contributed by atoms with E-state index in [0.29, 0.717) is 37.6 Å². The van der Waals surface area contributed by atoms with Crippen molar-refractivity contribution in [2.45, 2.75) is 37.6 Å². The van der Waals surface area contributed by atoms with Gasteiger partial charge in [0.25, 0.3) is 0 Å². The van der Waals surface area contributed by atoms with Gasteiger partial charge in [0.2, 0.25) is 5.91 Å². The summed E-state index contributed by atoms with van der Waals surface area (Å²) in [5.41, 5.74) is 6.26. The summed E-state index contributed by atoms with van der Waals surface area (Å²) >= 11 is 6.04. The molecule has 1 aromatic carbocycles. The summed E-state index contributed by atoms with van der Waals surface area (Å²) in [5, 5.41) is 3.69. The van der Waals surface area contributed by atoms with Gasteiger partial charge in [-0.05, 0) is 30.5 Å². The van der Waals surface area contributed by atoms with Crippen molar-refractivity contribution in [2.75, 3.05) is 19.8 Å². The van der Waals surface area contributed by atoms with Crippen LogP contribution in [-0.4, -0.2) is 31.2 Å². The number of amides is 1. The average Bonchev–Trinajstić information content (AvgIpc) is 2.45. The van der Waals surface area contributed by atoms with Gasteiger partial charge in [-0.15, -0.1) is 12.4 Å². The van der Waals surface area contributed by atoms with E-state index in [1.54, 1.807) is 0 Å². The maximum atomic E-state index is 12.3. The highest BCUT2D eigenvalue weighted by Gasteiger charge is 2.36. The summed E-state index contributed by atoms with van der Waals surface area (Å²) in [4.78, 5) is 12.3. The number of carbonyl (C=O) groups excluding carboxylic acids is 1. The van der Waals surface area contributed by atoms with E-state index in [2.05, 4.69) is 19.2 Å². The topological polar surface area (TPSA) is 64.4 Å². The third kappa shape index (κ3) is 4.59. The lowest BCUT2D eigenvalue weighted by Gasteiger charge is -2.34. The molecule has 2 rings (SSSR count). The quantitative estimate of drug-likeness (QED) is 0.880. The predicted molar refractivity (Wildman–Crippen MR) is 91.7 cm³/mol. The Morgan fingerprint density at radius 2 is 2.05 bits per heavy atom. The van der Waals surface area contributed by atoms with Crippen molar-refractivity contribution in [3.8, 4) is 0 Å². The van der Waals surface area contributed by atoms with Gasteiger partial charge in [0.1, 0.15) is 0 Å². The summed E-state index contributed by atoms with van der Waals surface area (Å²) in [6.45, 7) is 5.76. The van der Waals surface area contributed by atoms with Crippen LogP contribution in [0.5, 0.6) is 0 Å². The molecular weight excluding hydrogens is 323 g/mol. The Morgan fingerprint density at radius 3 is 2.64 bits per heavy atom. The van der Waals surface area contributed by atoms with Gasteiger partial charge < -0.3 is 15.8 Å². The molecule has 0 saturated carbocycles. The number of nitrogens with two attached hydrogens (primary N) is 1. The minimum Gasteiger partial charge on any atom is -0.381 e. The van der Waals surface area contributed by atoms with Gasteiger partial charge in [0.15, 0.2) is 0 Å². The molecule has 1 heterocycles. The minimum atomic E-state index is -0.803. The van der Waals surface area contributed by atoms with Crippen molar-refractivity contribution < 1.29 is 9.53 Å². The van der Waals surface area contributed by atoms with Gasteiger partial charge >= 0.3 is 0 Å². The summed E-state index contributed by atoms with van der Waals surface area (Å²) in [5.74, 6) is -0.0964. The molecule has 0 radical (unpaired) electrons. The van der Waals surface area contributed by atoms with Crippen molar-refractivity contribution in [3.63, 3.8) is 0 Å². The molecule has 0 aromatic heterocycles. The zero-order chi connectivity index (χ0) is 15.5. The van der Waals surface area contributed by atoms with Gasteiger partial charge in [-0.3, -0.25) is 4.79 Å². The third-order valence-electron chi connectivity index (χ3n) is 4.13. The van der Waals surface area contributed by atoms with Crippen LogP contribution in [0.2, 0.25) is 5.02 Å². The molecule has 0 spiro atoms. The van der Waals surface area contributed by atoms with Crippen molar-refractivity contribution in [1.29, 1.82) is 0 Å². The fourth-order valence-corrected chi connectivity index (χ4v) is 2.64. The van der Waals surface area contributed by atoms with E-state index in [1.807, 2.05) is 24.3 Å². The highest BCUT2D eigenvalue weighted by Crippen LogP contribution is 2.25. The second kappa shape index (κ2) is 7.64. The van der Waals surface area contributed by atoms with E-state index < -0.39 is 5.54 Å². The molecule has 6 heteroatoms. The van der Waals surface area contributed by atoms with Crippen LogP contribution >= 0.6 is 24.0 Å². The summed E-state index contributed by atoms with van der Waals surface area (Å²) in [6.07, 6.45) is 1.13. The number of ether oxygens (including phenoxy) is 1. The number of hydrogen-bond donors (Lipinski definition) is 2. The average molecular weight is 347 g/mol. The first kappa shape index (κ1) is 19.2. The molecule has 0 aliphatic carbocycles. The van der Waals surface area contributed by atoms with E-state index in [1.165, 1.54) is 0 Å². The van der Waals surface area contributed by atoms with E-state index >= 15 is 0 Å². The molecule has 0 bridgehead atoms. The third-order valence-corrected chi connectivity index (χ3v) is 4.37. The molecular formula is C16H24Cl2N2O2. The molecule has 0 atom stereocenters. The van der Waals surface area contributed by atoms with Crippen molar-refractivity contribution >= 4 is 29.9 Å². The van der Waals surface area contributed by atoms with E-state index in [0.717, 1.165) is 5.56 Å². The lowest BCUT2D eigenvalue weighted by molar-refractivity contribution is -0.130. The van der Waals surface area contributed by atoms with Crippen LogP contribution in [0.15, 0.2) is 24.3 Å². The van der Waals surface area contributed by atoms with Crippen LogP contribution in [-0.2, 0) is 14.9 Å². The molecule has 1 aliphatic rings. The van der Waals surface area contributed by atoms with E-state index in [4.69, 9.17) is 22.1 Å². The van der Waals surface area contributed by atoms with Gasteiger partial charge in [-0.2, -0.15) is 0 Å². The van der Waals surface area contributed by atoms with Gasteiger partial charge in [-0.25, -0.2) is 0 Å². The van der Waals surface area contributed by atoms with Crippen LogP contribution in [0.1, 0.15) is 32.3 Å². The monoisotopic (exact) mass is 346 g/mol. The normalized spacial score (nSPS) is 17.5. The Labute approximate surface area is 143 Å². The molecule has 0 unspecified atom stereocenters. The first-order valence-electron chi connectivity index (χ1n) is 7.24. The number of hydrogen-bond acceptors (Lipinski definition) is 3. The Kier molecular flexibility index (Phi) is 6.68. The highest BCUT2D eigenvalue weighted by atomic mass is 35.5. The van der Waals surface area contributed by atoms with E-state index in [9.17, 15) is 4.79 Å². The van der Waals surface area contributed by atoms with Crippen molar-refractivity contribution in [2.24, 2.45) is 5.73 Å². The lowest BCUT2D eigenvalue weighted by Crippen LogP contribution is -2.58. The zero-order valence-electron chi connectivity index (χ0n) is 13.0. The van der Waals surface area contributed by atoms with E-state index in [-0.39, 0.29) is 23.7 Å². The van der Waals surface area contributed by atoms with Crippen LogP contribution in [0.4, 0.5) is 0 Å². The molecule has 4 nitrogen and oxygen atoms in total. The summed E-state index contributed by atoms with van der Waals surface area (Å²) < 4.78 is 5.27. The Balaban J connectivity index is 0.00000242. The zero-order valence-corrected chi connectivity index (χ0v) is 14.6. The number of benzene rings is 1. The van der Waals surface area contributed by atoms with Gasteiger partial charge in [-0.1, -0.05) is 37.6 Å². The Hall–Kier alpha value is -0.810. The molecule has 1 aliphatic heterocycles. The molecule has 1 fully saturated rings. The molecule has 3 N–H and O–H groups in total. The van der Waals surface area contributed by atoms with Crippen LogP contribution in [0.25, 0.3) is 0 Å². The maximum absolute atomic E-state index is 12.3. The molecule has 1 aromatic rings. The summed E-state index contributed by atoms with van der Waals surface area (Å²) in [6, 6.07) is 7.71. The first-order chi connectivity index (χ1) is 9.83. The lowest BCUT2D eigenvalue weighted by atomic mass is 9.84. The molecule has 1 amide bonds. The van der Waals surface area contributed by atoms with Gasteiger partial charge in [0, 0.05) is 30.2 Å². The SMILES string of the molecule is CC(C)(CNC(=O)C1(N)CCOCC1)c1cccc(Cl)c1.Cl. The molecule has 22 heavy (non-hydrogen) atoms. The first-order valence-corrected chi connectivity index (χ1v) is 7.62. The fraction of sp³-hybridized carbons (Fsp3) is 0.562. The van der Waals surface area contributed by atoms with Crippen molar-refractivity contribution in [1.82, 2.24) is 5.32 Å². The number of nitrogens with one attached hydrogen (secondary N) is 1. The fourth-order valence-electron chi connectivity index (χ4n) is 2.45. The smallest absolute Gasteiger partial charge is 0.240 e. The second-order valence-electron chi connectivity index (χ2n) is 6.35. The van der Waals surface area contributed by atoms with Gasteiger partial charge in [0.05, 0.1) is 5.54 Å². The number of carbonyl (C=O) groups is 1. The van der Waals surface area contributed by atoms with Crippen LogP contribution in [0.3, 0.4) is 0 Å². The van der Waals surface area contributed by atoms with Crippen LogP contribution in [0, 0.1) is 0 Å².